The Morgan fingerprint density at radius 1 is 1.33 bits per heavy atom. The first-order chi connectivity index (χ1) is 11.5. The van der Waals surface area contributed by atoms with Gasteiger partial charge in [-0.25, -0.2) is 4.39 Å². The first-order valence-corrected chi connectivity index (χ1v) is 8.46. The monoisotopic (exact) mass is 336 g/mol. The van der Waals surface area contributed by atoms with Crippen LogP contribution in [0, 0.1) is 5.82 Å². The Bertz CT molecular complexity index is 562. The van der Waals surface area contributed by atoms with Gasteiger partial charge in [0.2, 0.25) is 5.91 Å². The summed E-state index contributed by atoms with van der Waals surface area (Å²) in [5, 5.41) is 2.90. The van der Waals surface area contributed by atoms with Crippen molar-refractivity contribution in [2.24, 2.45) is 0 Å². The highest BCUT2D eigenvalue weighted by Crippen LogP contribution is 2.18. The summed E-state index contributed by atoms with van der Waals surface area (Å²) in [6.07, 6.45) is 2.66. The van der Waals surface area contributed by atoms with Crippen molar-refractivity contribution in [2.75, 3.05) is 19.7 Å². The van der Waals surface area contributed by atoms with E-state index in [4.69, 9.17) is 4.74 Å². The topological polar surface area (TPSA) is 58.6 Å². The van der Waals surface area contributed by atoms with E-state index in [9.17, 15) is 14.0 Å². The molecule has 0 aromatic heterocycles. The van der Waals surface area contributed by atoms with Gasteiger partial charge in [0, 0.05) is 0 Å². The van der Waals surface area contributed by atoms with Crippen molar-refractivity contribution in [1.29, 1.82) is 0 Å². The number of ether oxygens (including phenoxy) is 1. The summed E-state index contributed by atoms with van der Waals surface area (Å²) in [5.41, 5.74) is 0.838. The molecule has 1 aliphatic rings. The summed E-state index contributed by atoms with van der Waals surface area (Å²) in [7, 11) is 0. The number of halogens is 1. The van der Waals surface area contributed by atoms with E-state index in [2.05, 4.69) is 5.32 Å². The number of carbonyl (C=O) groups is 2. The first-order valence-electron chi connectivity index (χ1n) is 8.46. The van der Waals surface area contributed by atoms with E-state index in [0.717, 1.165) is 24.8 Å². The summed E-state index contributed by atoms with van der Waals surface area (Å²) in [6.45, 7) is 4.85. The number of nitrogens with one attached hydrogen (secondary N) is 1. The highest BCUT2D eigenvalue weighted by atomic mass is 19.1. The fourth-order valence-corrected chi connectivity index (χ4v) is 2.99. The Hall–Kier alpha value is -1.95. The van der Waals surface area contributed by atoms with E-state index < -0.39 is 0 Å². The van der Waals surface area contributed by atoms with Gasteiger partial charge in [0.15, 0.2) is 0 Å². The molecule has 2 rings (SSSR count). The standard InChI is InChI=1S/C18H25FN2O3/c1-3-24-18(23)16-6-4-5-11-21(16)12-17(22)20-13(2)14-7-9-15(19)10-8-14/h7-10,13,16H,3-6,11-12H2,1-2H3,(H,20,22)/t13-,16+/m0/s1. The van der Waals surface area contributed by atoms with Gasteiger partial charge in [-0.15, -0.1) is 0 Å². The summed E-state index contributed by atoms with van der Waals surface area (Å²) in [5.74, 6) is -0.706. The predicted molar refractivity (Wildman–Crippen MR) is 88.8 cm³/mol. The lowest BCUT2D eigenvalue weighted by Crippen LogP contribution is -2.49. The maximum atomic E-state index is 13.0. The molecule has 1 aromatic rings. The zero-order valence-corrected chi connectivity index (χ0v) is 14.3. The molecular formula is C18H25FN2O3. The molecule has 1 aliphatic heterocycles. The fraction of sp³-hybridized carbons (Fsp3) is 0.556. The Labute approximate surface area is 142 Å². The maximum Gasteiger partial charge on any atom is 0.323 e. The third-order valence-electron chi connectivity index (χ3n) is 4.27. The number of rotatable bonds is 6. The zero-order valence-electron chi connectivity index (χ0n) is 14.3. The average Bonchev–Trinajstić information content (AvgIpc) is 2.56. The number of carbonyl (C=O) groups excluding carboxylic acids is 2. The van der Waals surface area contributed by atoms with Gasteiger partial charge < -0.3 is 10.1 Å². The predicted octanol–water partition coefficient (Wildman–Crippen LogP) is 2.42. The normalized spacial score (nSPS) is 19.5. The lowest BCUT2D eigenvalue weighted by atomic mass is 10.0. The molecule has 1 amide bonds. The lowest BCUT2D eigenvalue weighted by Gasteiger charge is -2.33. The zero-order chi connectivity index (χ0) is 17.5. The Kier molecular flexibility index (Phi) is 6.73. The molecule has 0 saturated carbocycles. The van der Waals surface area contributed by atoms with Crippen molar-refractivity contribution in [3.8, 4) is 0 Å². The van der Waals surface area contributed by atoms with Crippen molar-refractivity contribution < 1.29 is 18.7 Å². The lowest BCUT2D eigenvalue weighted by molar-refractivity contribution is -0.151. The molecule has 0 bridgehead atoms. The van der Waals surface area contributed by atoms with Crippen LogP contribution in [0.25, 0.3) is 0 Å². The summed E-state index contributed by atoms with van der Waals surface area (Å²) < 4.78 is 18.1. The molecule has 132 valence electrons. The number of likely N-dealkylation sites (tertiary alicyclic amines) is 1. The van der Waals surface area contributed by atoms with E-state index in [-0.39, 0.29) is 36.3 Å². The average molecular weight is 336 g/mol. The smallest absolute Gasteiger partial charge is 0.323 e. The molecule has 1 saturated heterocycles. The van der Waals surface area contributed by atoms with Crippen molar-refractivity contribution in [3.63, 3.8) is 0 Å². The minimum atomic E-state index is -0.342. The molecule has 0 unspecified atom stereocenters. The van der Waals surface area contributed by atoms with Gasteiger partial charge >= 0.3 is 5.97 Å². The Balaban J connectivity index is 1.91. The molecule has 1 fully saturated rings. The van der Waals surface area contributed by atoms with Gasteiger partial charge in [-0.1, -0.05) is 18.6 Å². The molecule has 24 heavy (non-hydrogen) atoms. The van der Waals surface area contributed by atoms with Gasteiger partial charge in [0.05, 0.1) is 19.2 Å². The minimum absolute atomic E-state index is 0.150. The number of benzene rings is 1. The van der Waals surface area contributed by atoms with Crippen molar-refractivity contribution in [3.05, 3.63) is 35.6 Å². The van der Waals surface area contributed by atoms with Crippen LogP contribution < -0.4 is 5.32 Å². The van der Waals surface area contributed by atoms with Crippen LogP contribution in [0.15, 0.2) is 24.3 Å². The highest BCUT2D eigenvalue weighted by Gasteiger charge is 2.31. The summed E-state index contributed by atoms with van der Waals surface area (Å²) >= 11 is 0. The molecule has 0 radical (unpaired) electrons. The number of amides is 1. The Morgan fingerprint density at radius 3 is 2.71 bits per heavy atom. The second-order valence-corrected chi connectivity index (χ2v) is 6.07. The Morgan fingerprint density at radius 2 is 2.04 bits per heavy atom. The van der Waals surface area contributed by atoms with E-state index in [0.29, 0.717) is 13.2 Å². The van der Waals surface area contributed by atoms with Crippen LogP contribution in [0.4, 0.5) is 4.39 Å². The van der Waals surface area contributed by atoms with Crippen LogP contribution >= 0.6 is 0 Å². The van der Waals surface area contributed by atoms with E-state index in [1.54, 1.807) is 19.1 Å². The van der Waals surface area contributed by atoms with Crippen LogP contribution in [-0.2, 0) is 14.3 Å². The molecule has 1 N–H and O–H groups in total. The molecule has 0 aliphatic carbocycles. The SMILES string of the molecule is CCOC(=O)[C@H]1CCCCN1CC(=O)N[C@@H](C)c1ccc(F)cc1. The van der Waals surface area contributed by atoms with Crippen LogP contribution in [-0.4, -0.2) is 42.5 Å². The second kappa shape index (κ2) is 8.78. The largest absolute Gasteiger partial charge is 0.465 e. The minimum Gasteiger partial charge on any atom is -0.465 e. The van der Waals surface area contributed by atoms with Gasteiger partial charge in [0.25, 0.3) is 0 Å². The van der Waals surface area contributed by atoms with Crippen molar-refractivity contribution in [2.45, 2.75) is 45.2 Å². The highest BCUT2D eigenvalue weighted by molar-refractivity contribution is 5.81. The number of piperidine rings is 1. The second-order valence-electron chi connectivity index (χ2n) is 6.07. The van der Waals surface area contributed by atoms with Gasteiger partial charge in [0.1, 0.15) is 11.9 Å². The maximum absolute atomic E-state index is 13.0. The van der Waals surface area contributed by atoms with Crippen LogP contribution in [0.2, 0.25) is 0 Å². The number of hydrogen-bond acceptors (Lipinski definition) is 4. The molecule has 6 heteroatoms. The summed E-state index contributed by atoms with van der Waals surface area (Å²) in [6, 6.07) is 5.50. The molecule has 1 aromatic carbocycles. The third-order valence-corrected chi connectivity index (χ3v) is 4.27. The van der Waals surface area contributed by atoms with Crippen LogP contribution in [0.1, 0.15) is 44.7 Å². The molecular weight excluding hydrogens is 311 g/mol. The van der Waals surface area contributed by atoms with Crippen LogP contribution in [0.5, 0.6) is 0 Å². The fourth-order valence-electron chi connectivity index (χ4n) is 2.99. The number of nitrogens with zero attached hydrogens (tertiary/aromatic N) is 1. The number of esters is 1. The van der Waals surface area contributed by atoms with E-state index in [1.807, 2.05) is 11.8 Å². The van der Waals surface area contributed by atoms with Crippen molar-refractivity contribution in [1.82, 2.24) is 10.2 Å². The van der Waals surface area contributed by atoms with Crippen molar-refractivity contribution >= 4 is 11.9 Å². The molecule has 5 nitrogen and oxygen atoms in total. The number of hydrogen-bond donors (Lipinski definition) is 1. The molecule has 0 spiro atoms. The van der Waals surface area contributed by atoms with E-state index in [1.165, 1.54) is 12.1 Å². The summed E-state index contributed by atoms with van der Waals surface area (Å²) in [4.78, 5) is 26.2. The quantitative estimate of drug-likeness (QED) is 0.811. The van der Waals surface area contributed by atoms with Gasteiger partial charge in [-0.05, 0) is 50.9 Å². The van der Waals surface area contributed by atoms with Gasteiger partial charge in [-0.3, -0.25) is 14.5 Å². The molecule has 1 heterocycles. The molecule has 2 atom stereocenters. The first kappa shape index (κ1) is 18.4. The van der Waals surface area contributed by atoms with Crippen LogP contribution in [0.3, 0.4) is 0 Å². The van der Waals surface area contributed by atoms with E-state index >= 15 is 0 Å². The van der Waals surface area contributed by atoms with Gasteiger partial charge in [-0.2, -0.15) is 0 Å². The third kappa shape index (κ3) is 5.03.